The largest absolute Gasteiger partial charge is 0.324 e. The molecule has 1 heterocycles. The summed E-state index contributed by atoms with van der Waals surface area (Å²) in [5.41, 5.74) is 5.75. The SMILES string of the molecule is CCC(N)(CC)C(=O)Nc1ccnc(Cl)c1. The topological polar surface area (TPSA) is 68.0 Å². The van der Waals surface area contributed by atoms with E-state index in [1.807, 2.05) is 13.8 Å². The Bertz CT molecular complexity index is 377. The van der Waals surface area contributed by atoms with Gasteiger partial charge in [-0.2, -0.15) is 0 Å². The van der Waals surface area contributed by atoms with Crippen LogP contribution in [0.4, 0.5) is 5.69 Å². The van der Waals surface area contributed by atoms with Crippen LogP contribution in [0.1, 0.15) is 26.7 Å². The molecule has 0 unspecified atom stereocenters. The van der Waals surface area contributed by atoms with E-state index in [-0.39, 0.29) is 5.91 Å². The number of anilines is 1. The lowest BCUT2D eigenvalue weighted by Gasteiger charge is -2.25. The van der Waals surface area contributed by atoms with Crippen molar-refractivity contribution < 1.29 is 4.79 Å². The van der Waals surface area contributed by atoms with E-state index in [2.05, 4.69) is 10.3 Å². The molecule has 0 atom stereocenters. The Balaban J connectivity index is 2.78. The van der Waals surface area contributed by atoms with Crippen LogP contribution in [0.25, 0.3) is 0 Å². The smallest absolute Gasteiger partial charge is 0.244 e. The number of halogens is 1. The van der Waals surface area contributed by atoms with Crippen LogP contribution in [0, 0.1) is 0 Å². The first-order valence-electron chi connectivity index (χ1n) is 5.23. The Hall–Kier alpha value is -1.13. The van der Waals surface area contributed by atoms with E-state index in [0.29, 0.717) is 23.7 Å². The van der Waals surface area contributed by atoms with Crippen molar-refractivity contribution in [3.8, 4) is 0 Å². The zero-order valence-electron chi connectivity index (χ0n) is 9.46. The van der Waals surface area contributed by atoms with Gasteiger partial charge in [-0.05, 0) is 25.0 Å². The van der Waals surface area contributed by atoms with Gasteiger partial charge in [0, 0.05) is 11.9 Å². The summed E-state index contributed by atoms with van der Waals surface area (Å²) in [4.78, 5) is 15.7. The van der Waals surface area contributed by atoms with E-state index >= 15 is 0 Å². The number of nitrogens with two attached hydrogens (primary N) is 1. The molecule has 1 aromatic rings. The van der Waals surface area contributed by atoms with Crippen molar-refractivity contribution in [1.82, 2.24) is 4.98 Å². The van der Waals surface area contributed by atoms with E-state index in [4.69, 9.17) is 17.3 Å². The molecule has 0 aliphatic rings. The third-order valence-corrected chi connectivity index (χ3v) is 2.91. The molecule has 5 heteroatoms. The molecule has 0 aromatic carbocycles. The zero-order valence-corrected chi connectivity index (χ0v) is 10.2. The lowest BCUT2D eigenvalue weighted by molar-refractivity contribution is -0.121. The van der Waals surface area contributed by atoms with Crippen molar-refractivity contribution in [2.45, 2.75) is 32.2 Å². The molecular formula is C11H16ClN3O. The Kier molecular flexibility index (Phi) is 4.26. The molecule has 4 nitrogen and oxygen atoms in total. The van der Waals surface area contributed by atoms with E-state index < -0.39 is 5.54 Å². The molecule has 0 spiro atoms. The number of hydrogen-bond donors (Lipinski definition) is 2. The number of carbonyl (C=O) groups is 1. The Labute approximate surface area is 100 Å². The number of rotatable bonds is 4. The van der Waals surface area contributed by atoms with Crippen molar-refractivity contribution in [3.63, 3.8) is 0 Å². The van der Waals surface area contributed by atoms with Gasteiger partial charge in [0.15, 0.2) is 0 Å². The summed E-state index contributed by atoms with van der Waals surface area (Å²) >= 11 is 5.72. The summed E-state index contributed by atoms with van der Waals surface area (Å²) < 4.78 is 0. The number of carbonyl (C=O) groups excluding carboxylic acids is 1. The Morgan fingerprint density at radius 1 is 1.56 bits per heavy atom. The van der Waals surface area contributed by atoms with Gasteiger partial charge in [-0.25, -0.2) is 4.98 Å². The van der Waals surface area contributed by atoms with Crippen LogP contribution in [0.2, 0.25) is 5.15 Å². The van der Waals surface area contributed by atoms with Crippen molar-refractivity contribution in [1.29, 1.82) is 0 Å². The quantitative estimate of drug-likeness (QED) is 0.794. The Morgan fingerprint density at radius 2 is 2.19 bits per heavy atom. The van der Waals surface area contributed by atoms with Gasteiger partial charge in [0.25, 0.3) is 0 Å². The molecule has 0 fully saturated rings. The fourth-order valence-corrected chi connectivity index (χ4v) is 1.48. The Morgan fingerprint density at radius 3 is 2.69 bits per heavy atom. The normalized spacial score (nSPS) is 11.2. The first-order valence-corrected chi connectivity index (χ1v) is 5.61. The van der Waals surface area contributed by atoms with Crippen LogP contribution in [0.5, 0.6) is 0 Å². The van der Waals surface area contributed by atoms with E-state index in [1.165, 1.54) is 6.20 Å². The zero-order chi connectivity index (χ0) is 12.2. The summed E-state index contributed by atoms with van der Waals surface area (Å²) in [7, 11) is 0. The number of aromatic nitrogens is 1. The van der Waals surface area contributed by atoms with Crippen LogP contribution in [-0.4, -0.2) is 16.4 Å². The van der Waals surface area contributed by atoms with Crippen LogP contribution in [-0.2, 0) is 4.79 Å². The minimum atomic E-state index is -0.824. The second-order valence-corrected chi connectivity index (χ2v) is 4.07. The highest BCUT2D eigenvalue weighted by Gasteiger charge is 2.29. The van der Waals surface area contributed by atoms with Crippen LogP contribution < -0.4 is 11.1 Å². The molecule has 0 bridgehead atoms. The van der Waals surface area contributed by atoms with E-state index in [0.717, 1.165) is 0 Å². The number of nitrogens with one attached hydrogen (secondary N) is 1. The van der Waals surface area contributed by atoms with Crippen molar-refractivity contribution in [2.75, 3.05) is 5.32 Å². The average molecular weight is 242 g/mol. The van der Waals surface area contributed by atoms with Gasteiger partial charge in [0.1, 0.15) is 5.15 Å². The first-order chi connectivity index (χ1) is 7.51. The predicted octanol–water partition coefficient (Wildman–Crippen LogP) is 2.19. The minimum absolute atomic E-state index is 0.195. The molecule has 0 saturated heterocycles. The van der Waals surface area contributed by atoms with E-state index in [1.54, 1.807) is 12.1 Å². The van der Waals surface area contributed by atoms with Crippen molar-refractivity contribution in [2.24, 2.45) is 5.73 Å². The van der Waals surface area contributed by atoms with Gasteiger partial charge >= 0.3 is 0 Å². The fraction of sp³-hybridized carbons (Fsp3) is 0.455. The van der Waals surface area contributed by atoms with Gasteiger partial charge in [0.05, 0.1) is 5.54 Å². The molecule has 1 aromatic heterocycles. The van der Waals surface area contributed by atoms with Crippen LogP contribution in [0.15, 0.2) is 18.3 Å². The maximum Gasteiger partial charge on any atom is 0.244 e. The molecule has 0 radical (unpaired) electrons. The minimum Gasteiger partial charge on any atom is -0.324 e. The average Bonchev–Trinajstić information content (AvgIpc) is 2.28. The molecule has 0 aliphatic heterocycles. The molecular weight excluding hydrogens is 226 g/mol. The number of amides is 1. The van der Waals surface area contributed by atoms with Gasteiger partial charge in [0.2, 0.25) is 5.91 Å². The van der Waals surface area contributed by atoms with E-state index in [9.17, 15) is 4.79 Å². The van der Waals surface area contributed by atoms with Gasteiger partial charge in [-0.15, -0.1) is 0 Å². The summed E-state index contributed by atoms with van der Waals surface area (Å²) in [5.74, 6) is -0.195. The lowest BCUT2D eigenvalue weighted by Crippen LogP contribution is -2.50. The van der Waals surface area contributed by atoms with Crippen molar-refractivity contribution in [3.05, 3.63) is 23.5 Å². The second kappa shape index (κ2) is 5.27. The molecule has 88 valence electrons. The van der Waals surface area contributed by atoms with Crippen LogP contribution >= 0.6 is 11.6 Å². The maximum absolute atomic E-state index is 11.9. The highest BCUT2D eigenvalue weighted by atomic mass is 35.5. The molecule has 16 heavy (non-hydrogen) atoms. The predicted molar refractivity (Wildman–Crippen MR) is 65.4 cm³/mol. The van der Waals surface area contributed by atoms with Gasteiger partial charge < -0.3 is 11.1 Å². The standard InChI is InChI=1S/C11H16ClN3O/c1-3-11(13,4-2)10(16)15-8-5-6-14-9(12)7-8/h5-7H,3-4,13H2,1-2H3,(H,14,15,16). The highest BCUT2D eigenvalue weighted by Crippen LogP contribution is 2.17. The lowest BCUT2D eigenvalue weighted by atomic mass is 9.93. The maximum atomic E-state index is 11.9. The molecule has 0 saturated carbocycles. The first kappa shape index (κ1) is 12.9. The highest BCUT2D eigenvalue weighted by molar-refractivity contribution is 6.29. The summed E-state index contributed by atoms with van der Waals surface area (Å²) in [6, 6.07) is 3.26. The van der Waals surface area contributed by atoms with Crippen LogP contribution in [0.3, 0.4) is 0 Å². The summed E-state index contributed by atoms with van der Waals surface area (Å²) in [5, 5.41) is 3.08. The second-order valence-electron chi connectivity index (χ2n) is 3.68. The monoisotopic (exact) mass is 241 g/mol. The van der Waals surface area contributed by atoms with Crippen molar-refractivity contribution >= 4 is 23.2 Å². The third kappa shape index (κ3) is 2.93. The summed E-state index contributed by atoms with van der Waals surface area (Å²) in [6.45, 7) is 3.78. The molecule has 0 aliphatic carbocycles. The summed E-state index contributed by atoms with van der Waals surface area (Å²) in [6.07, 6.45) is 2.72. The third-order valence-electron chi connectivity index (χ3n) is 2.70. The molecule has 1 amide bonds. The number of nitrogens with zero attached hydrogens (tertiary/aromatic N) is 1. The number of hydrogen-bond acceptors (Lipinski definition) is 3. The van der Waals surface area contributed by atoms with Gasteiger partial charge in [-0.1, -0.05) is 25.4 Å². The molecule has 1 rings (SSSR count). The molecule has 3 N–H and O–H groups in total. The number of pyridine rings is 1. The fourth-order valence-electron chi connectivity index (χ4n) is 1.31. The van der Waals surface area contributed by atoms with Gasteiger partial charge in [-0.3, -0.25) is 4.79 Å².